The Labute approximate surface area is 105 Å². The van der Waals surface area contributed by atoms with E-state index in [-0.39, 0.29) is 6.42 Å². The molecule has 0 aliphatic heterocycles. The normalized spacial score (nSPS) is 14.2. The minimum atomic E-state index is -0.995. The first-order chi connectivity index (χ1) is 8.39. The van der Waals surface area contributed by atoms with E-state index in [4.69, 9.17) is 5.11 Å². The molecule has 2 N–H and O–H groups in total. The van der Waals surface area contributed by atoms with Gasteiger partial charge in [0.25, 0.3) is 0 Å². The molecule has 5 heteroatoms. The van der Waals surface area contributed by atoms with Gasteiger partial charge in [-0.1, -0.05) is 13.0 Å². The average Bonchev–Trinajstić information content (AvgIpc) is 2.29. The molecule has 0 radical (unpaired) electrons. The van der Waals surface area contributed by atoms with Crippen LogP contribution in [0.2, 0.25) is 0 Å². The van der Waals surface area contributed by atoms with Gasteiger partial charge in [-0.2, -0.15) is 0 Å². The van der Waals surface area contributed by atoms with E-state index in [1.165, 1.54) is 6.07 Å². The Kier molecular flexibility index (Phi) is 4.78. The first-order valence-electron chi connectivity index (χ1n) is 5.81. The predicted octanol–water partition coefficient (Wildman–Crippen LogP) is 2.65. The zero-order valence-electron chi connectivity index (χ0n) is 10.5. The van der Waals surface area contributed by atoms with E-state index in [1.807, 2.05) is 6.92 Å². The third-order valence-corrected chi connectivity index (χ3v) is 2.83. The molecular weight excluding hydrogens is 240 g/mol. The van der Waals surface area contributed by atoms with Gasteiger partial charge in [-0.3, -0.25) is 4.79 Å². The molecule has 18 heavy (non-hydrogen) atoms. The molecule has 1 atom stereocenters. The molecule has 1 aromatic rings. The summed E-state index contributed by atoms with van der Waals surface area (Å²) < 4.78 is 26.1. The summed E-state index contributed by atoms with van der Waals surface area (Å²) in [6.07, 6.45) is 0.622. The fraction of sp³-hybridized carbons (Fsp3) is 0.462. The molecule has 1 rings (SSSR count). The van der Waals surface area contributed by atoms with E-state index in [1.54, 1.807) is 6.92 Å². The maximum atomic E-state index is 13.2. The molecule has 0 spiro atoms. The summed E-state index contributed by atoms with van der Waals surface area (Å²) in [4.78, 5) is 10.9. The zero-order chi connectivity index (χ0) is 13.8. The SMILES string of the molecule is CCCNC(C)(CC(=O)O)c1ccc(F)c(F)c1. The van der Waals surface area contributed by atoms with Crippen molar-refractivity contribution in [2.45, 2.75) is 32.2 Å². The van der Waals surface area contributed by atoms with Gasteiger partial charge in [0.2, 0.25) is 0 Å². The van der Waals surface area contributed by atoms with Crippen LogP contribution in [-0.4, -0.2) is 17.6 Å². The molecule has 0 heterocycles. The molecule has 3 nitrogen and oxygen atoms in total. The second-order valence-electron chi connectivity index (χ2n) is 4.46. The largest absolute Gasteiger partial charge is 0.481 e. The van der Waals surface area contributed by atoms with Gasteiger partial charge in [-0.05, 0) is 37.6 Å². The first kappa shape index (κ1) is 14.6. The Hall–Kier alpha value is -1.49. The number of carbonyl (C=O) groups is 1. The van der Waals surface area contributed by atoms with E-state index >= 15 is 0 Å². The third-order valence-electron chi connectivity index (χ3n) is 2.83. The van der Waals surface area contributed by atoms with Crippen LogP contribution >= 0.6 is 0 Å². The summed E-state index contributed by atoms with van der Waals surface area (Å²) >= 11 is 0. The van der Waals surface area contributed by atoms with Gasteiger partial charge in [0, 0.05) is 0 Å². The van der Waals surface area contributed by atoms with Gasteiger partial charge < -0.3 is 10.4 Å². The van der Waals surface area contributed by atoms with Crippen LogP contribution in [0.3, 0.4) is 0 Å². The summed E-state index contributed by atoms with van der Waals surface area (Å²) in [5, 5.41) is 12.0. The second kappa shape index (κ2) is 5.91. The lowest BCUT2D eigenvalue weighted by molar-refractivity contribution is -0.138. The van der Waals surface area contributed by atoms with Crippen LogP contribution in [0.5, 0.6) is 0 Å². The van der Waals surface area contributed by atoms with Crippen molar-refractivity contribution in [3.8, 4) is 0 Å². The first-order valence-corrected chi connectivity index (χ1v) is 5.81. The number of halogens is 2. The zero-order valence-corrected chi connectivity index (χ0v) is 10.5. The molecule has 0 bridgehead atoms. The average molecular weight is 257 g/mol. The highest BCUT2D eigenvalue weighted by Gasteiger charge is 2.29. The smallest absolute Gasteiger partial charge is 0.305 e. The molecule has 100 valence electrons. The fourth-order valence-corrected chi connectivity index (χ4v) is 1.81. The van der Waals surface area contributed by atoms with Crippen LogP contribution in [0.1, 0.15) is 32.3 Å². The monoisotopic (exact) mass is 257 g/mol. The number of nitrogens with one attached hydrogen (secondary N) is 1. The Morgan fingerprint density at radius 3 is 2.56 bits per heavy atom. The van der Waals surface area contributed by atoms with Crippen molar-refractivity contribution in [1.29, 1.82) is 0 Å². The quantitative estimate of drug-likeness (QED) is 0.823. The van der Waals surface area contributed by atoms with Crippen LogP contribution in [-0.2, 0) is 10.3 Å². The highest BCUT2D eigenvalue weighted by atomic mass is 19.2. The van der Waals surface area contributed by atoms with Crippen LogP contribution in [0.4, 0.5) is 8.78 Å². The van der Waals surface area contributed by atoms with Crippen molar-refractivity contribution in [3.63, 3.8) is 0 Å². The van der Waals surface area contributed by atoms with E-state index in [0.29, 0.717) is 12.1 Å². The Balaban J connectivity index is 3.07. The number of benzene rings is 1. The standard InChI is InChI=1S/C13H17F2NO2/c1-3-6-16-13(2,8-12(17)18)9-4-5-10(14)11(15)7-9/h4-5,7,16H,3,6,8H2,1-2H3,(H,17,18). The fourth-order valence-electron chi connectivity index (χ4n) is 1.81. The van der Waals surface area contributed by atoms with E-state index in [0.717, 1.165) is 18.6 Å². The van der Waals surface area contributed by atoms with Gasteiger partial charge >= 0.3 is 5.97 Å². The van der Waals surface area contributed by atoms with E-state index < -0.39 is 23.1 Å². The molecule has 0 saturated carbocycles. The number of carboxylic acids is 1. The minimum Gasteiger partial charge on any atom is -0.481 e. The summed E-state index contributed by atoms with van der Waals surface area (Å²) in [5.41, 5.74) is -0.478. The molecule has 0 amide bonds. The van der Waals surface area contributed by atoms with Crippen molar-refractivity contribution in [1.82, 2.24) is 5.32 Å². The Bertz CT molecular complexity index is 437. The topological polar surface area (TPSA) is 49.3 Å². The maximum absolute atomic E-state index is 13.2. The Morgan fingerprint density at radius 1 is 1.39 bits per heavy atom. The van der Waals surface area contributed by atoms with Gasteiger partial charge in [-0.25, -0.2) is 8.78 Å². The Morgan fingerprint density at radius 2 is 2.06 bits per heavy atom. The third kappa shape index (κ3) is 3.50. The van der Waals surface area contributed by atoms with Gasteiger partial charge in [0.15, 0.2) is 11.6 Å². The van der Waals surface area contributed by atoms with Crippen molar-refractivity contribution < 1.29 is 18.7 Å². The van der Waals surface area contributed by atoms with Crippen molar-refractivity contribution in [2.24, 2.45) is 0 Å². The van der Waals surface area contributed by atoms with Crippen molar-refractivity contribution in [3.05, 3.63) is 35.4 Å². The van der Waals surface area contributed by atoms with E-state index in [2.05, 4.69) is 5.32 Å². The lowest BCUT2D eigenvalue weighted by atomic mass is 9.88. The van der Waals surface area contributed by atoms with Crippen LogP contribution in [0.25, 0.3) is 0 Å². The van der Waals surface area contributed by atoms with Crippen LogP contribution < -0.4 is 5.32 Å². The summed E-state index contributed by atoms with van der Waals surface area (Å²) in [7, 11) is 0. The van der Waals surface area contributed by atoms with Crippen LogP contribution in [0, 0.1) is 11.6 Å². The van der Waals surface area contributed by atoms with E-state index in [9.17, 15) is 13.6 Å². The summed E-state index contributed by atoms with van der Waals surface area (Å²) in [5.74, 6) is -2.90. The number of hydrogen-bond acceptors (Lipinski definition) is 2. The highest BCUT2D eigenvalue weighted by molar-refractivity contribution is 5.68. The molecule has 0 aliphatic rings. The van der Waals surface area contributed by atoms with Crippen LogP contribution in [0.15, 0.2) is 18.2 Å². The number of aliphatic carboxylic acids is 1. The summed E-state index contributed by atoms with van der Waals surface area (Å²) in [6, 6.07) is 3.46. The lowest BCUT2D eigenvalue weighted by Crippen LogP contribution is -2.42. The molecule has 0 aliphatic carbocycles. The van der Waals surface area contributed by atoms with Gasteiger partial charge in [0.05, 0.1) is 12.0 Å². The van der Waals surface area contributed by atoms with Crippen molar-refractivity contribution >= 4 is 5.97 Å². The van der Waals surface area contributed by atoms with Gasteiger partial charge in [0.1, 0.15) is 0 Å². The number of carboxylic acid groups (broad SMARTS) is 1. The summed E-state index contributed by atoms with van der Waals surface area (Å²) in [6.45, 7) is 4.21. The number of hydrogen-bond donors (Lipinski definition) is 2. The lowest BCUT2D eigenvalue weighted by Gasteiger charge is -2.30. The molecule has 0 aromatic heterocycles. The predicted molar refractivity (Wildman–Crippen MR) is 64.3 cm³/mol. The molecule has 0 saturated heterocycles. The van der Waals surface area contributed by atoms with Crippen molar-refractivity contribution in [2.75, 3.05) is 6.54 Å². The molecule has 1 unspecified atom stereocenters. The van der Waals surface area contributed by atoms with Gasteiger partial charge in [-0.15, -0.1) is 0 Å². The molecule has 1 aromatic carbocycles. The number of rotatable bonds is 6. The minimum absolute atomic E-state index is 0.196. The molecular formula is C13H17F2NO2. The highest BCUT2D eigenvalue weighted by Crippen LogP contribution is 2.26. The maximum Gasteiger partial charge on any atom is 0.305 e. The molecule has 0 fully saturated rings. The second-order valence-corrected chi connectivity index (χ2v) is 4.46.